The maximum absolute atomic E-state index is 13.4. The molecule has 1 aromatic rings. The summed E-state index contributed by atoms with van der Waals surface area (Å²) >= 11 is 0. The summed E-state index contributed by atoms with van der Waals surface area (Å²) in [7, 11) is 0. The summed E-state index contributed by atoms with van der Waals surface area (Å²) in [5, 5.41) is 10.5. The van der Waals surface area contributed by atoms with Gasteiger partial charge in [0.15, 0.2) is 0 Å². The number of hydrogen-bond donors (Lipinski definition) is 1. The molecule has 1 aliphatic rings. The Morgan fingerprint density at radius 2 is 2.06 bits per heavy atom. The summed E-state index contributed by atoms with van der Waals surface area (Å²) in [5.41, 5.74) is 6.06. The first-order chi connectivity index (χ1) is 7.35. The molecule has 0 bridgehead atoms. The van der Waals surface area contributed by atoms with Gasteiger partial charge in [0.25, 0.3) is 0 Å². The molecule has 1 aromatic carbocycles. The van der Waals surface area contributed by atoms with E-state index in [9.17, 15) is 14.5 Å². The van der Waals surface area contributed by atoms with Gasteiger partial charge < -0.3 is 5.73 Å². The van der Waals surface area contributed by atoms with Crippen LogP contribution in [0.25, 0.3) is 0 Å². The highest BCUT2D eigenvalue weighted by Crippen LogP contribution is 2.57. The molecule has 2 rings (SSSR count). The first-order valence-corrected chi connectivity index (χ1v) is 5.05. The number of benzene rings is 1. The molecule has 0 heterocycles. The largest absolute Gasteiger partial charge is 0.327 e. The number of hydrogen-bond acceptors (Lipinski definition) is 3. The zero-order valence-electron chi connectivity index (χ0n) is 9.11. The molecular formula is C11H13FN2O2. The maximum atomic E-state index is 13.4. The van der Waals surface area contributed by atoms with Gasteiger partial charge >= 0.3 is 5.69 Å². The third-order valence-corrected chi connectivity index (χ3v) is 3.44. The van der Waals surface area contributed by atoms with Crippen molar-refractivity contribution >= 4 is 5.69 Å². The van der Waals surface area contributed by atoms with Crippen molar-refractivity contribution in [2.75, 3.05) is 0 Å². The average molecular weight is 224 g/mol. The Morgan fingerprint density at radius 1 is 1.50 bits per heavy atom. The molecule has 0 unspecified atom stereocenters. The van der Waals surface area contributed by atoms with Crippen LogP contribution >= 0.6 is 0 Å². The summed E-state index contributed by atoms with van der Waals surface area (Å²) in [5.74, 6) is -0.708. The molecule has 0 amide bonds. The molecule has 1 saturated carbocycles. The fraction of sp³-hybridized carbons (Fsp3) is 0.455. The molecule has 1 fully saturated rings. The Labute approximate surface area is 92.4 Å². The van der Waals surface area contributed by atoms with E-state index in [4.69, 9.17) is 5.73 Å². The summed E-state index contributed by atoms with van der Waals surface area (Å²) in [6, 6.07) is 4.00. The second kappa shape index (κ2) is 3.25. The van der Waals surface area contributed by atoms with Gasteiger partial charge in [0.1, 0.15) is 0 Å². The van der Waals surface area contributed by atoms with E-state index in [1.54, 1.807) is 6.07 Å². The van der Waals surface area contributed by atoms with Crippen LogP contribution in [0.4, 0.5) is 10.1 Å². The molecule has 0 aromatic heterocycles. The predicted molar refractivity (Wildman–Crippen MR) is 57.6 cm³/mol. The number of nitrogens with two attached hydrogens (primary N) is 1. The number of nitrogens with zero attached hydrogens (tertiary/aromatic N) is 1. The molecule has 86 valence electrons. The van der Waals surface area contributed by atoms with Crippen LogP contribution in [0.2, 0.25) is 0 Å². The zero-order valence-corrected chi connectivity index (χ0v) is 9.11. The first-order valence-electron chi connectivity index (χ1n) is 5.05. The summed E-state index contributed by atoms with van der Waals surface area (Å²) < 4.78 is 13.4. The Bertz CT molecular complexity index is 459. The smallest absolute Gasteiger partial charge is 0.304 e. The third kappa shape index (κ3) is 1.48. The van der Waals surface area contributed by atoms with Crippen LogP contribution in [0.3, 0.4) is 0 Å². The molecule has 0 radical (unpaired) electrons. The third-order valence-electron chi connectivity index (χ3n) is 3.44. The van der Waals surface area contributed by atoms with E-state index in [1.165, 1.54) is 12.1 Å². The molecule has 2 N–H and O–H groups in total. The van der Waals surface area contributed by atoms with Crippen LogP contribution < -0.4 is 5.73 Å². The molecule has 0 saturated heterocycles. The van der Waals surface area contributed by atoms with Gasteiger partial charge in [-0.25, -0.2) is 0 Å². The van der Waals surface area contributed by atoms with E-state index in [0.29, 0.717) is 0 Å². The van der Waals surface area contributed by atoms with Crippen molar-refractivity contribution in [3.05, 3.63) is 39.7 Å². The number of rotatable bonds is 2. The lowest BCUT2D eigenvalue weighted by Gasteiger charge is -2.03. The second-order valence-corrected chi connectivity index (χ2v) is 4.79. The number of nitro groups is 1. The first kappa shape index (κ1) is 11.0. The highest BCUT2D eigenvalue weighted by molar-refractivity contribution is 5.41. The molecule has 4 nitrogen and oxygen atoms in total. The van der Waals surface area contributed by atoms with Gasteiger partial charge in [-0.1, -0.05) is 19.9 Å². The predicted octanol–water partition coefficient (Wildman–Crippen LogP) is 2.18. The highest BCUT2D eigenvalue weighted by atomic mass is 19.1. The molecular weight excluding hydrogens is 211 g/mol. The van der Waals surface area contributed by atoms with Crippen molar-refractivity contribution < 1.29 is 9.31 Å². The Hall–Kier alpha value is -1.49. The Kier molecular flexibility index (Phi) is 2.24. The quantitative estimate of drug-likeness (QED) is 0.618. The number of nitro benzene ring substituents is 1. The van der Waals surface area contributed by atoms with Gasteiger partial charge in [-0.3, -0.25) is 10.1 Å². The minimum absolute atomic E-state index is 0.00615. The van der Waals surface area contributed by atoms with E-state index >= 15 is 0 Å². The molecule has 5 heteroatoms. The van der Waals surface area contributed by atoms with Crippen LogP contribution in [0.1, 0.15) is 25.3 Å². The van der Waals surface area contributed by atoms with Gasteiger partial charge in [0, 0.05) is 18.0 Å². The molecule has 1 aliphatic carbocycles. The SMILES string of the molecule is CC1(C)[C@@H](N)[C@@H]1c1ccc([N+](=O)[O-])c(F)c1. The average Bonchev–Trinajstić information content (AvgIpc) is 2.65. The van der Waals surface area contributed by atoms with Crippen LogP contribution in [0.5, 0.6) is 0 Å². The lowest BCUT2D eigenvalue weighted by atomic mass is 10.0. The topological polar surface area (TPSA) is 69.2 Å². The van der Waals surface area contributed by atoms with Crippen LogP contribution in [0, 0.1) is 21.3 Å². The minimum Gasteiger partial charge on any atom is -0.327 e. The Morgan fingerprint density at radius 3 is 2.44 bits per heavy atom. The standard InChI is InChI=1S/C11H13FN2O2/c1-11(2)9(10(11)13)6-3-4-8(14(15)16)7(12)5-6/h3-5,9-10H,13H2,1-2H3/t9-,10-/m0/s1. The van der Waals surface area contributed by atoms with Crippen LogP contribution in [-0.2, 0) is 0 Å². The zero-order chi connectivity index (χ0) is 12.1. The van der Waals surface area contributed by atoms with Crippen molar-refractivity contribution in [3.63, 3.8) is 0 Å². The molecule has 16 heavy (non-hydrogen) atoms. The van der Waals surface area contributed by atoms with E-state index in [0.717, 1.165) is 5.56 Å². The van der Waals surface area contributed by atoms with Crippen molar-refractivity contribution in [1.82, 2.24) is 0 Å². The van der Waals surface area contributed by atoms with Crippen molar-refractivity contribution in [3.8, 4) is 0 Å². The summed E-state index contributed by atoms with van der Waals surface area (Å²) in [6.45, 7) is 4.00. The molecule has 0 aliphatic heterocycles. The summed E-state index contributed by atoms with van der Waals surface area (Å²) in [4.78, 5) is 9.73. The minimum atomic E-state index is -0.794. The molecule has 2 atom stereocenters. The van der Waals surface area contributed by atoms with Gasteiger partial charge in [-0.15, -0.1) is 0 Å². The lowest BCUT2D eigenvalue weighted by Crippen LogP contribution is -2.06. The van der Waals surface area contributed by atoms with E-state index in [1.807, 2.05) is 13.8 Å². The van der Waals surface area contributed by atoms with Gasteiger partial charge in [0.2, 0.25) is 5.82 Å². The van der Waals surface area contributed by atoms with Crippen molar-refractivity contribution in [2.24, 2.45) is 11.1 Å². The molecule has 0 spiro atoms. The van der Waals surface area contributed by atoms with Gasteiger partial charge in [-0.2, -0.15) is 4.39 Å². The van der Waals surface area contributed by atoms with Gasteiger partial charge in [-0.05, 0) is 17.0 Å². The number of halogens is 1. The second-order valence-electron chi connectivity index (χ2n) is 4.79. The fourth-order valence-corrected chi connectivity index (χ4v) is 2.18. The normalized spacial score (nSPS) is 26.5. The highest BCUT2D eigenvalue weighted by Gasteiger charge is 2.56. The van der Waals surface area contributed by atoms with E-state index in [2.05, 4.69) is 0 Å². The van der Waals surface area contributed by atoms with Gasteiger partial charge in [0.05, 0.1) is 4.92 Å². The van der Waals surface area contributed by atoms with Crippen molar-refractivity contribution in [2.45, 2.75) is 25.8 Å². The van der Waals surface area contributed by atoms with Crippen LogP contribution in [-0.4, -0.2) is 11.0 Å². The maximum Gasteiger partial charge on any atom is 0.304 e. The summed E-state index contributed by atoms with van der Waals surface area (Å²) in [6.07, 6.45) is 0. The van der Waals surface area contributed by atoms with E-state index < -0.39 is 16.4 Å². The Balaban J connectivity index is 2.33. The fourth-order valence-electron chi connectivity index (χ4n) is 2.18. The van der Waals surface area contributed by atoms with Crippen molar-refractivity contribution in [1.29, 1.82) is 0 Å². The van der Waals surface area contributed by atoms with Crippen LogP contribution in [0.15, 0.2) is 18.2 Å². The monoisotopic (exact) mass is 224 g/mol. The van der Waals surface area contributed by atoms with E-state index in [-0.39, 0.29) is 17.4 Å². The lowest BCUT2D eigenvalue weighted by molar-refractivity contribution is -0.387.